The number of hydrogen-bond acceptors (Lipinski definition) is 2. The Bertz CT molecular complexity index is 3190. The summed E-state index contributed by atoms with van der Waals surface area (Å²) in [6.07, 6.45) is 0. The second kappa shape index (κ2) is 13.0. The van der Waals surface area contributed by atoms with Gasteiger partial charge in [0, 0.05) is 22.1 Å². The SMILES string of the molecule is CC1(C)c2cc3ccccc3cc2-c2cccc(-c3ccc(-c4cc(-c5ccc(-c6ccccc6)cc5)nc(-c5cccc6ccccc56)n4)c4ccccc34)c21. The molecule has 9 aromatic carbocycles. The van der Waals surface area contributed by atoms with Gasteiger partial charge in [-0.1, -0.05) is 190 Å². The number of rotatable bonds is 5. The number of nitrogens with zero attached hydrogens (tertiary/aromatic N) is 2. The fourth-order valence-corrected chi connectivity index (χ4v) is 9.28. The van der Waals surface area contributed by atoms with E-state index < -0.39 is 0 Å². The lowest BCUT2D eigenvalue weighted by atomic mass is 9.78. The summed E-state index contributed by atoms with van der Waals surface area (Å²) in [5.41, 5.74) is 15.1. The Morgan fingerprint density at radius 1 is 0.333 bits per heavy atom. The highest BCUT2D eigenvalue weighted by molar-refractivity contribution is 6.07. The van der Waals surface area contributed by atoms with Gasteiger partial charge < -0.3 is 0 Å². The van der Waals surface area contributed by atoms with Crippen LogP contribution in [-0.4, -0.2) is 9.97 Å². The Morgan fingerprint density at radius 3 is 1.63 bits per heavy atom. The molecule has 1 aliphatic rings. The van der Waals surface area contributed by atoms with Crippen molar-refractivity contribution in [3.63, 3.8) is 0 Å². The van der Waals surface area contributed by atoms with Crippen LogP contribution in [0.4, 0.5) is 0 Å². The third-order valence-corrected chi connectivity index (χ3v) is 12.1. The van der Waals surface area contributed by atoms with Crippen LogP contribution in [0.2, 0.25) is 0 Å². The predicted molar refractivity (Wildman–Crippen MR) is 239 cm³/mol. The Kier molecular flexibility index (Phi) is 7.55. The van der Waals surface area contributed by atoms with Crippen LogP contribution in [-0.2, 0) is 5.41 Å². The Balaban J connectivity index is 1.10. The molecule has 2 heteroatoms. The van der Waals surface area contributed by atoms with Gasteiger partial charge in [-0.15, -0.1) is 0 Å². The molecule has 1 heterocycles. The van der Waals surface area contributed by atoms with E-state index in [-0.39, 0.29) is 5.41 Å². The van der Waals surface area contributed by atoms with Crippen molar-refractivity contribution in [2.75, 3.05) is 0 Å². The second-order valence-electron chi connectivity index (χ2n) is 15.7. The molecule has 1 aliphatic carbocycles. The largest absolute Gasteiger partial charge is 0.228 e. The lowest BCUT2D eigenvalue weighted by Gasteiger charge is -2.25. The number of aromatic nitrogens is 2. The van der Waals surface area contributed by atoms with Gasteiger partial charge in [0.1, 0.15) is 0 Å². The van der Waals surface area contributed by atoms with Crippen molar-refractivity contribution in [2.24, 2.45) is 0 Å². The fourth-order valence-electron chi connectivity index (χ4n) is 9.28. The zero-order valence-corrected chi connectivity index (χ0v) is 31.9. The van der Waals surface area contributed by atoms with Crippen molar-refractivity contribution in [1.29, 1.82) is 0 Å². The van der Waals surface area contributed by atoms with Crippen molar-refractivity contribution in [1.82, 2.24) is 9.97 Å². The van der Waals surface area contributed by atoms with E-state index in [1.807, 2.05) is 0 Å². The summed E-state index contributed by atoms with van der Waals surface area (Å²) in [6, 6.07) is 70.1. The average Bonchev–Trinajstić information content (AvgIpc) is 3.50. The van der Waals surface area contributed by atoms with E-state index in [2.05, 4.69) is 208 Å². The van der Waals surface area contributed by atoms with Gasteiger partial charge in [-0.2, -0.15) is 0 Å². The second-order valence-corrected chi connectivity index (χ2v) is 15.7. The average molecular weight is 727 g/mol. The van der Waals surface area contributed by atoms with Crippen molar-refractivity contribution < 1.29 is 0 Å². The molecule has 57 heavy (non-hydrogen) atoms. The van der Waals surface area contributed by atoms with Crippen LogP contribution in [0.15, 0.2) is 194 Å². The van der Waals surface area contributed by atoms with Gasteiger partial charge in [-0.3, -0.25) is 0 Å². The molecule has 1 aromatic heterocycles. The van der Waals surface area contributed by atoms with E-state index in [0.29, 0.717) is 5.82 Å². The summed E-state index contributed by atoms with van der Waals surface area (Å²) in [5.74, 6) is 0.715. The highest BCUT2D eigenvalue weighted by atomic mass is 14.9. The van der Waals surface area contributed by atoms with Crippen LogP contribution >= 0.6 is 0 Å². The first kappa shape index (κ1) is 33.2. The fraction of sp³-hybridized carbons (Fsp3) is 0.0545. The van der Waals surface area contributed by atoms with Crippen LogP contribution in [0, 0.1) is 0 Å². The standard InChI is InChI=1S/C55H38N2/c1-55(2)50-33-40-18-7-6-17-39(40)32-49(50)47-24-13-23-46(53(47)55)44-30-31-45(43-22-11-10-21-42(43)44)52-34-51(38-28-26-36(27-29-38)35-14-4-3-5-15-35)56-54(57-52)48-25-12-19-37-16-8-9-20-41(37)48/h3-34H,1-2H3. The topological polar surface area (TPSA) is 25.8 Å². The molecule has 11 rings (SSSR count). The summed E-state index contributed by atoms with van der Waals surface area (Å²) in [6.45, 7) is 4.77. The molecule has 0 N–H and O–H groups in total. The lowest BCUT2D eigenvalue weighted by Crippen LogP contribution is -2.16. The molecule has 0 aliphatic heterocycles. The van der Waals surface area contributed by atoms with Crippen LogP contribution in [0.5, 0.6) is 0 Å². The monoisotopic (exact) mass is 726 g/mol. The molecule has 0 unspecified atom stereocenters. The van der Waals surface area contributed by atoms with Crippen LogP contribution < -0.4 is 0 Å². The van der Waals surface area contributed by atoms with E-state index in [1.165, 1.54) is 71.4 Å². The van der Waals surface area contributed by atoms with Gasteiger partial charge >= 0.3 is 0 Å². The van der Waals surface area contributed by atoms with Crippen molar-refractivity contribution in [2.45, 2.75) is 19.3 Å². The van der Waals surface area contributed by atoms with E-state index >= 15 is 0 Å². The maximum absolute atomic E-state index is 5.39. The quantitative estimate of drug-likeness (QED) is 0.176. The number of fused-ring (bicyclic) bond motifs is 6. The summed E-state index contributed by atoms with van der Waals surface area (Å²) in [4.78, 5) is 10.7. The van der Waals surface area contributed by atoms with E-state index in [0.717, 1.165) is 33.5 Å². The molecule has 268 valence electrons. The normalized spacial score (nSPS) is 12.9. The molecule has 0 saturated heterocycles. The number of hydrogen-bond donors (Lipinski definition) is 0. The van der Waals surface area contributed by atoms with Crippen molar-refractivity contribution in [3.05, 3.63) is 205 Å². The van der Waals surface area contributed by atoms with E-state index in [9.17, 15) is 0 Å². The Hall–Kier alpha value is -7.16. The van der Waals surface area contributed by atoms with Crippen LogP contribution in [0.3, 0.4) is 0 Å². The van der Waals surface area contributed by atoms with Crippen LogP contribution in [0.1, 0.15) is 25.0 Å². The third kappa shape index (κ3) is 5.40. The summed E-state index contributed by atoms with van der Waals surface area (Å²) >= 11 is 0. The van der Waals surface area contributed by atoms with E-state index in [4.69, 9.17) is 9.97 Å². The summed E-state index contributed by atoms with van der Waals surface area (Å²) in [5, 5.41) is 7.24. The molecule has 10 aromatic rings. The molecular formula is C55H38N2. The molecule has 2 nitrogen and oxygen atoms in total. The van der Waals surface area contributed by atoms with Gasteiger partial charge in [0.05, 0.1) is 11.4 Å². The zero-order chi connectivity index (χ0) is 38.1. The minimum absolute atomic E-state index is 0.171. The van der Waals surface area contributed by atoms with Gasteiger partial charge in [-0.25, -0.2) is 9.97 Å². The first-order valence-electron chi connectivity index (χ1n) is 19.7. The molecule has 0 spiro atoms. The van der Waals surface area contributed by atoms with Crippen molar-refractivity contribution >= 4 is 32.3 Å². The van der Waals surface area contributed by atoms with E-state index in [1.54, 1.807) is 0 Å². The highest BCUT2D eigenvalue weighted by Gasteiger charge is 2.38. The lowest BCUT2D eigenvalue weighted by molar-refractivity contribution is 0.663. The zero-order valence-electron chi connectivity index (χ0n) is 31.9. The summed E-state index contributed by atoms with van der Waals surface area (Å²) in [7, 11) is 0. The minimum Gasteiger partial charge on any atom is -0.228 e. The van der Waals surface area contributed by atoms with Gasteiger partial charge in [0.2, 0.25) is 0 Å². The van der Waals surface area contributed by atoms with Gasteiger partial charge in [0.15, 0.2) is 5.82 Å². The molecule has 0 fully saturated rings. The molecule has 0 saturated carbocycles. The first-order chi connectivity index (χ1) is 28.0. The summed E-state index contributed by atoms with van der Waals surface area (Å²) < 4.78 is 0. The van der Waals surface area contributed by atoms with Gasteiger partial charge in [0.25, 0.3) is 0 Å². The predicted octanol–water partition coefficient (Wildman–Crippen LogP) is 14.6. The maximum atomic E-state index is 5.39. The number of benzene rings is 9. The van der Waals surface area contributed by atoms with Crippen molar-refractivity contribution in [3.8, 4) is 67.3 Å². The Morgan fingerprint density at radius 2 is 0.860 bits per heavy atom. The minimum atomic E-state index is -0.171. The molecule has 0 bridgehead atoms. The third-order valence-electron chi connectivity index (χ3n) is 12.1. The Labute approximate surface area is 332 Å². The maximum Gasteiger partial charge on any atom is 0.161 e. The smallest absolute Gasteiger partial charge is 0.161 e. The first-order valence-corrected chi connectivity index (χ1v) is 19.7. The molecule has 0 amide bonds. The molecule has 0 radical (unpaired) electrons. The van der Waals surface area contributed by atoms with Gasteiger partial charge in [-0.05, 0) is 95.0 Å². The molecular weight excluding hydrogens is 689 g/mol. The van der Waals surface area contributed by atoms with Crippen LogP contribution in [0.25, 0.3) is 99.6 Å². The highest BCUT2D eigenvalue weighted by Crippen LogP contribution is 2.54. The molecule has 0 atom stereocenters.